The molecule has 0 aromatic rings. The summed E-state index contributed by atoms with van der Waals surface area (Å²) in [5.41, 5.74) is 0. The van der Waals surface area contributed by atoms with Crippen LogP contribution in [0.3, 0.4) is 0 Å². The topological polar surface area (TPSA) is 42.0 Å². The van der Waals surface area contributed by atoms with Crippen LogP contribution < -0.4 is 0 Å². The summed E-state index contributed by atoms with van der Waals surface area (Å²) in [6.07, 6.45) is 5.79. The predicted octanol–water partition coefficient (Wildman–Crippen LogP) is 2.11. The summed E-state index contributed by atoms with van der Waals surface area (Å²) < 4.78 is 11.2. The Kier molecular flexibility index (Phi) is 7.63. The number of carbonyl (C=O) groups is 1. The largest absolute Gasteiger partial charge is 0.352 e. The lowest BCUT2D eigenvalue weighted by molar-refractivity contribution is -0.152. The van der Waals surface area contributed by atoms with E-state index in [1.54, 1.807) is 0 Å². The molecular formula is C17H32N2O3. The molecular weight excluding hydrogens is 280 g/mol. The first-order valence-electron chi connectivity index (χ1n) is 8.99. The van der Waals surface area contributed by atoms with Crippen LogP contribution in [0.1, 0.15) is 46.0 Å². The van der Waals surface area contributed by atoms with Gasteiger partial charge in [0, 0.05) is 51.9 Å². The molecule has 2 rings (SSSR count). The number of hydrogen-bond donors (Lipinski definition) is 0. The Labute approximate surface area is 134 Å². The standard InChI is InChI=1S/C17H32N2O3/c1-3-21-16(22-4-2)14-18-10-12-19(13-11-18)17(20)15-8-6-5-7-9-15/h15-16H,3-14H2,1-2H3. The minimum absolute atomic E-state index is 0.143. The molecule has 0 aromatic carbocycles. The van der Waals surface area contributed by atoms with Gasteiger partial charge in [-0.2, -0.15) is 0 Å². The summed E-state index contributed by atoms with van der Waals surface area (Å²) in [4.78, 5) is 17.0. The molecule has 1 amide bonds. The third-order valence-corrected chi connectivity index (χ3v) is 4.75. The van der Waals surface area contributed by atoms with Gasteiger partial charge in [-0.1, -0.05) is 19.3 Å². The van der Waals surface area contributed by atoms with Crippen LogP contribution in [0.25, 0.3) is 0 Å². The fourth-order valence-electron chi connectivity index (χ4n) is 3.49. The number of rotatable bonds is 7. The quantitative estimate of drug-likeness (QED) is 0.675. The van der Waals surface area contributed by atoms with Crippen LogP contribution in [0.15, 0.2) is 0 Å². The number of carbonyl (C=O) groups excluding carboxylic acids is 1. The molecule has 1 saturated heterocycles. The van der Waals surface area contributed by atoms with Crippen LogP contribution in [-0.4, -0.2) is 67.9 Å². The highest BCUT2D eigenvalue weighted by molar-refractivity contribution is 5.79. The maximum atomic E-state index is 12.5. The zero-order valence-electron chi connectivity index (χ0n) is 14.3. The second-order valence-electron chi connectivity index (χ2n) is 6.30. The average Bonchev–Trinajstić information content (AvgIpc) is 2.56. The second kappa shape index (κ2) is 9.48. The maximum Gasteiger partial charge on any atom is 0.225 e. The van der Waals surface area contributed by atoms with Gasteiger partial charge in [0.25, 0.3) is 0 Å². The van der Waals surface area contributed by atoms with Crippen LogP contribution in [0.4, 0.5) is 0 Å². The van der Waals surface area contributed by atoms with Crippen molar-refractivity contribution >= 4 is 5.91 Å². The highest BCUT2D eigenvalue weighted by Gasteiger charge is 2.29. The van der Waals surface area contributed by atoms with Gasteiger partial charge in [0.05, 0.1) is 0 Å². The summed E-state index contributed by atoms with van der Waals surface area (Å²) in [6, 6.07) is 0. The van der Waals surface area contributed by atoms with Crippen LogP contribution in [-0.2, 0) is 14.3 Å². The lowest BCUT2D eigenvalue weighted by Gasteiger charge is -2.38. The van der Waals surface area contributed by atoms with Gasteiger partial charge in [0.15, 0.2) is 6.29 Å². The minimum atomic E-state index is -0.143. The van der Waals surface area contributed by atoms with Gasteiger partial charge in [-0.25, -0.2) is 0 Å². The number of hydrogen-bond acceptors (Lipinski definition) is 4. The van der Waals surface area contributed by atoms with E-state index in [9.17, 15) is 4.79 Å². The smallest absolute Gasteiger partial charge is 0.225 e. The molecule has 0 radical (unpaired) electrons. The van der Waals surface area contributed by atoms with Gasteiger partial charge >= 0.3 is 0 Å². The van der Waals surface area contributed by atoms with Crippen LogP contribution >= 0.6 is 0 Å². The molecule has 5 heteroatoms. The van der Waals surface area contributed by atoms with Crippen molar-refractivity contribution in [1.29, 1.82) is 0 Å². The lowest BCUT2D eigenvalue weighted by atomic mass is 9.88. The van der Waals surface area contributed by atoms with E-state index in [0.717, 1.165) is 45.6 Å². The van der Waals surface area contributed by atoms with E-state index in [2.05, 4.69) is 9.80 Å². The summed E-state index contributed by atoms with van der Waals surface area (Å²) >= 11 is 0. The molecule has 2 aliphatic rings. The van der Waals surface area contributed by atoms with Crippen molar-refractivity contribution in [3.05, 3.63) is 0 Å². The third-order valence-electron chi connectivity index (χ3n) is 4.75. The highest BCUT2D eigenvalue weighted by Crippen LogP contribution is 2.25. The van der Waals surface area contributed by atoms with E-state index in [1.165, 1.54) is 19.3 Å². The molecule has 5 nitrogen and oxygen atoms in total. The Balaban J connectivity index is 1.73. The molecule has 1 heterocycles. The fraction of sp³-hybridized carbons (Fsp3) is 0.941. The minimum Gasteiger partial charge on any atom is -0.352 e. The normalized spacial score (nSPS) is 21.5. The van der Waals surface area contributed by atoms with Gasteiger partial charge in [-0.15, -0.1) is 0 Å². The molecule has 0 atom stereocenters. The SMILES string of the molecule is CCOC(CN1CCN(C(=O)C2CCCCC2)CC1)OCC. The van der Waals surface area contributed by atoms with Gasteiger partial charge < -0.3 is 14.4 Å². The molecule has 1 aliphatic heterocycles. The average molecular weight is 312 g/mol. The molecule has 0 unspecified atom stereocenters. The Morgan fingerprint density at radius 2 is 1.59 bits per heavy atom. The van der Waals surface area contributed by atoms with Gasteiger partial charge in [0.2, 0.25) is 5.91 Å². The number of piperazine rings is 1. The van der Waals surface area contributed by atoms with Crippen molar-refractivity contribution in [3.8, 4) is 0 Å². The first kappa shape index (κ1) is 17.7. The molecule has 0 N–H and O–H groups in total. The monoisotopic (exact) mass is 312 g/mol. The number of ether oxygens (including phenoxy) is 2. The zero-order chi connectivity index (χ0) is 15.8. The Morgan fingerprint density at radius 1 is 1.00 bits per heavy atom. The second-order valence-corrected chi connectivity index (χ2v) is 6.30. The Hall–Kier alpha value is -0.650. The van der Waals surface area contributed by atoms with Crippen molar-refractivity contribution in [2.45, 2.75) is 52.2 Å². The van der Waals surface area contributed by atoms with Crippen LogP contribution in [0.2, 0.25) is 0 Å². The van der Waals surface area contributed by atoms with E-state index in [4.69, 9.17) is 9.47 Å². The van der Waals surface area contributed by atoms with Gasteiger partial charge in [0.1, 0.15) is 0 Å². The highest BCUT2D eigenvalue weighted by atomic mass is 16.7. The summed E-state index contributed by atoms with van der Waals surface area (Å²) in [6.45, 7) is 9.67. The Morgan fingerprint density at radius 3 is 2.14 bits per heavy atom. The van der Waals surface area contributed by atoms with E-state index in [-0.39, 0.29) is 6.29 Å². The first-order valence-corrected chi connectivity index (χ1v) is 8.99. The number of nitrogens with zero attached hydrogens (tertiary/aromatic N) is 2. The van der Waals surface area contributed by atoms with Gasteiger partial charge in [-0.05, 0) is 26.7 Å². The van der Waals surface area contributed by atoms with E-state index in [0.29, 0.717) is 25.0 Å². The predicted molar refractivity (Wildman–Crippen MR) is 86.6 cm³/mol. The van der Waals surface area contributed by atoms with Crippen molar-refractivity contribution in [1.82, 2.24) is 9.80 Å². The van der Waals surface area contributed by atoms with Gasteiger partial charge in [-0.3, -0.25) is 9.69 Å². The van der Waals surface area contributed by atoms with Crippen molar-refractivity contribution in [3.63, 3.8) is 0 Å². The number of amides is 1. The summed E-state index contributed by atoms with van der Waals surface area (Å²) in [5.74, 6) is 0.686. The molecule has 0 bridgehead atoms. The first-order chi connectivity index (χ1) is 10.7. The molecule has 128 valence electrons. The summed E-state index contributed by atoms with van der Waals surface area (Å²) in [5, 5.41) is 0. The molecule has 2 fully saturated rings. The maximum absolute atomic E-state index is 12.5. The van der Waals surface area contributed by atoms with E-state index < -0.39 is 0 Å². The molecule has 1 saturated carbocycles. The van der Waals surface area contributed by atoms with Crippen molar-refractivity contribution in [2.24, 2.45) is 5.92 Å². The third kappa shape index (κ3) is 5.21. The van der Waals surface area contributed by atoms with Crippen molar-refractivity contribution in [2.75, 3.05) is 45.9 Å². The zero-order valence-corrected chi connectivity index (χ0v) is 14.3. The summed E-state index contributed by atoms with van der Waals surface area (Å²) in [7, 11) is 0. The molecule has 1 aliphatic carbocycles. The molecule has 0 spiro atoms. The van der Waals surface area contributed by atoms with Crippen LogP contribution in [0, 0.1) is 5.92 Å². The van der Waals surface area contributed by atoms with E-state index >= 15 is 0 Å². The molecule has 0 aromatic heterocycles. The molecule has 22 heavy (non-hydrogen) atoms. The Bertz CT molecular complexity index is 318. The van der Waals surface area contributed by atoms with Crippen molar-refractivity contribution < 1.29 is 14.3 Å². The lowest BCUT2D eigenvalue weighted by Crippen LogP contribution is -2.52. The van der Waals surface area contributed by atoms with E-state index in [1.807, 2.05) is 13.8 Å². The fourth-order valence-corrected chi connectivity index (χ4v) is 3.49. The van der Waals surface area contributed by atoms with Crippen LogP contribution in [0.5, 0.6) is 0 Å².